The quantitative estimate of drug-likeness (QED) is 0.605. The van der Waals surface area contributed by atoms with E-state index in [0.717, 1.165) is 16.3 Å². The zero-order valence-electron chi connectivity index (χ0n) is 15.2. The minimum Gasteiger partial charge on any atom is -0.468 e. The zero-order valence-corrected chi connectivity index (χ0v) is 16.9. The number of nitrogens with one attached hydrogen (secondary N) is 1. The van der Waals surface area contributed by atoms with Crippen LogP contribution >= 0.6 is 11.8 Å². The molecule has 1 amide bonds. The summed E-state index contributed by atoms with van der Waals surface area (Å²) >= 11 is 1.60. The van der Waals surface area contributed by atoms with E-state index in [1.165, 1.54) is 24.3 Å². The highest BCUT2D eigenvalue weighted by molar-refractivity contribution is 7.98. The Bertz CT molecular complexity index is 824. The number of amides is 1. The number of hydrogen-bond acceptors (Lipinski definition) is 5. The molecule has 0 radical (unpaired) electrons. The van der Waals surface area contributed by atoms with E-state index in [2.05, 4.69) is 5.32 Å². The van der Waals surface area contributed by atoms with Gasteiger partial charge in [0.05, 0.1) is 24.0 Å². The first-order valence-electron chi connectivity index (χ1n) is 8.45. The van der Waals surface area contributed by atoms with E-state index in [0.29, 0.717) is 18.1 Å². The summed E-state index contributed by atoms with van der Waals surface area (Å²) in [5.74, 6) is 1.37. The van der Waals surface area contributed by atoms with E-state index in [-0.39, 0.29) is 18.0 Å². The Kier molecular flexibility index (Phi) is 7.73. The first-order chi connectivity index (χ1) is 12.8. The Labute approximate surface area is 163 Å². The number of benzene rings is 1. The van der Waals surface area contributed by atoms with Gasteiger partial charge in [0.1, 0.15) is 17.6 Å². The molecule has 0 spiro atoms. The standard InChI is InChI=1S/C18H23FN2O4S2/c1-3-17(18(22)20-10-12-26-13-16-5-4-11-25-16)21(27(2,23)24)15-8-6-14(19)7-9-15/h4-9,11,17H,3,10,12-13H2,1-2H3,(H,20,22)/t17-/m1/s1. The van der Waals surface area contributed by atoms with Gasteiger partial charge in [-0.15, -0.1) is 0 Å². The molecule has 2 aromatic rings. The molecule has 1 atom stereocenters. The molecule has 9 heteroatoms. The van der Waals surface area contributed by atoms with Crippen LogP contribution < -0.4 is 9.62 Å². The van der Waals surface area contributed by atoms with E-state index < -0.39 is 21.9 Å². The molecule has 148 valence electrons. The molecule has 0 saturated carbocycles. The van der Waals surface area contributed by atoms with E-state index in [1.807, 2.05) is 12.1 Å². The van der Waals surface area contributed by atoms with Gasteiger partial charge in [-0.3, -0.25) is 9.10 Å². The topological polar surface area (TPSA) is 79.6 Å². The van der Waals surface area contributed by atoms with Crippen LogP contribution in [0.1, 0.15) is 19.1 Å². The van der Waals surface area contributed by atoms with Crippen molar-refractivity contribution >= 4 is 33.4 Å². The maximum Gasteiger partial charge on any atom is 0.243 e. The zero-order chi connectivity index (χ0) is 19.9. The Morgan fingerprint density at radius 3 is 2.56 bits per heavy atom. The molecule has 0 aliphatic carbocycles. The number of hydrogen-bond donors (Lipinski definition) is 1. The van der Waals surface area contributed by atoms with E-state index in [1.54, 1.807) is 24.9 Å². The largest absolute Gasteiger partial charge is 0.468 e. The second kappa shape index (κ2) is 9.80. The third-order valence-corrected chi connectivity index (χ3v) is 5.94. The predicted octanol–water partition coefficient (Wildman–Crippen LogP) is 3.01. The van der Waals surface area contributed by atoms with Crippen LogP contribution in [0.5, 0.6) is 0 Å². The second-order valence-electron chi connectivity index (χ2n) is 5.88. The van der Waals surface area contributed by atoms with Gasteiger partial charge in [0.15, 0.2) is 0 Å². The van der Waals surface area contributed by atoms with Crippen molar-refractivity contribution in [3.63, 3.8) is 0 Å². The Morgan fingerprint density at radius 2 is 2.00 bits per heavy atom. The number of thioether (sulfide) groups is 1. The van der Waals surface area contributed by atoms with Crippen molar-refractivity contribution in [2.24, 2.45) is 0 Å². The van der Waals surface area contributed by atoms with Crippen LogP contribution in [0.4, 0.5) is 10.1 Å². The van der Waals surface area contributed by atoms with E-state index >= 15 is 0 Å². The van der Waals surface area contributed by atoms with E-state index in [9.17, 15) is 17.6 Å². The van der Waals surface area contributed by atoms with Crippen LogP contribution in [-0.4, -0.2) is 38.9 Å². The highest BCUT2D eigenvalue weighted by Gasteiger charge is 2.31. The summed E-state index contributed by atoms with van der Waals surface area (Å²) in [6.45, 7) is 2.14. The van der Waals surface area contributed by atoms with Crippen molar-refractivity contribution in [2.45, 2.75) is 25.1 Å². The molecule has 6 nitrogen and oxygen atoms in total. The third kappa shape index (κ3) is 6.28. The number of furan rings is 1. The van der Waals surface area contributed by atoms with Gasteiger partial charge < -0.3 is 9.73 Å². The number of carbonyl (C=O) groups excluding carboxylic acids is 1. The average molecular weight is 415 g/mol. The summed E-state index contributed by atoms with van der Waals surface area (Å²) in [5.41, 5.74) is 0.257. The lowest BCUT2D eigenvalue weighted by molar-refractivity contribution is -0.122. The van der Waals surface area contributed by atoms with Crippen LogP contribution in [-0.2, 0) is 20.6 Å². The Balaban J connectivity index is 1.98. The van der Waals surface area contributed by atoms with Crippen molar-refractivity contribution in [3.8, 4) is 0 Å². The lowest BCUT2D eigenvalue weighted by Crippen LogP contribution is -2.49. The smallest absolute Gasteiger partial charge is 0.243 e. The summed E-state index contributed by atoms with van der Waals surface area (Å²) in [7, 11) is -3.72. The SMILES string of the molecule is CC[C@H](C(=O)NCCSCc1ccco1)N(c1ccc(F)cc1)S(C)(=O)=O. The second-order valence-corrected chi connectivity index (χ2v) is 8.85. The number of halogens is 1. The van der Waals surface area contributed by atoms with Crippen molar-refractivity contribution < 1.29 is 22.0 Å². The molecule has 0 bridgehead atoms. The monoisotopic (exact) mass is 414 g/mol. The van der Waals surface area contributed by atoms with Crippen LogP contribution in [0.3, 0.4) is 0 Å². The maximum atomic E-state index is 13.2. The molecule has 1 heterocycles. The van der Waals surface area contributed by atoms with Crippen LogP contribution in [0.15, 0.2) is 47.1 Å². The molecule has 2 rings (SSSR count). The molecule has 27 heavy (non-hydrogen) atoms. The van der Waals surface area contributed by atoms with Crippen LogP contribution in [0.2, 0.25) is 0 Å². The third-order valence-electron chi connectivity index (χ3n) is 3.78. The molecule has 0 fully saturated rings. The highest BCUT2D eigenvalue weighted by Crippen LogP contribution is 2.22. The van der Waals surface area contributed by atoms with Gasteiger partial charge in [0.25, 0.3) is 0 Å². The van der Waals surface area contributed by atoms with Crippen molar-refractivity contribution in [2.75, 3.05) is 22.9 Å². The fourth-order valence-corrected chi connectivity index (χ4v) is 4.55. The molecule has 1 N–H and O–H groups in total. The van der Waals surface area contributed by atoms with E-state index in [4.69, 9.17) is 4.42 Å². The van der Waals surface area contributed by atoms with Gasteiger partial charge in [0.2, 0.25) is 15.9 Å². The fraction of sp³-hybridized carbons (Fsp3) is 0.389. The summed E-state index contributed by atoms with van der Waals surface area (Å²) in [6, 6.07) is 7.84. The summed E-state index contributed by atoms with van der Waals surface area (Å²) < 4.78 is 44.0. The van der Waals surface area contributed by atoms with Gasteiger partial charge in [-0.25, -0.2) is 12.8 Å². The molecule has 0 saturated heterocycles. The summed E-state index contributed by atoms with van der Waals surface area (Å²) in [6.07, 6.45) is 2.93. The molecular formula is C18H23FN2O4S2. The van der Waals surface area contributed by atoms with Crippen molar-refractivity contribution in [3.05, 3.63) is 54.2 Å². The van der Waals surface area contributed by atoms with Crippen molar-refractivity contribution in [1.29, 1.82) is 0 Å². The number of rotatable bonds is 10. The van der Waals surface area contributed by atoms with Gasteiger partial charge >= 0.3 is 0 Å². The highest BCUT2D eigenvalue weighted by atomic mass is 32.2. The lowest BCUT2D eigenvalue weighted by Gasteiger charge is -2.30. The normalized spacial score (nSPS) is 12.6. The average Bonchev–Trinajstić information content (AvgIpc) is 3.12. The van der Waals surface area contributed by atoms with Gasteiger partial charge in [-0.2, -0.15) is 11.8 Å². The minimum absolute atomic E-state index is 0.257. The van der Waals surface area contributed by atoms with Gasteiger partial charge in [0, 0.05) is 12.3 Å². The van der Waals surface area contributed by atoms with Gasteiger partial charge in [-0.05, 0) is 42.8 Å². The fourth-order valence-electron chi connectivity index (χ4n) is 2.58. The van der Waals surface area contributed by atoms with Crippen LogP contribution in [0.25, 0.3) is 0 Å². The molecular weight excluding hydrogens is 391 g/mol. The first kappa shape index (κ1) is 21.3. The first-order valence-corrected chi connectivity index (χ1v) is 11.5. The number of nitrogens with zero attached hydrogens (tertiary/aromatic N) is 1. The van der Waals surface area contributed by atoms with Crippen molar-refractivity contribution in [1.82, 2.24) is 5.32 Å². The number of anilines is 1. The summed E-state index contributed by atoms with van der Waals surface area (Å²) in [4.78, 5) is 12.6. The lowest BCUT2D eigenvalue weighted by atomic mass is 10.2. The molecule has 1 aromatic carbocycles. The number of sulfonamides is 1. The molecule has 0 unspecified atom stereocenters. The van der Waals surface area contributed by atoms with Crippen LogP contribution in [0, 0.1) is 5.82 Å². The molecule has 0 aliphatic heterocycles. The predicted molar refractivity (Wildman–Crippen MR) is 106 cm³/mol. The molecule has 0 aliphatic rings. The Hall–Kier alpha value is -2.00. The molecule has 1 aromatic heterocycles. The maximum absolute atomic E-state index is 13.2. The minimum atomic E-state index is -3.72. The van der Waals surface area contributed by atoms with Gasteiger partial charge in [-0.1, -0.05) is 6.92 Å². The summed E-state index contributed by atoms with van der Waals surface area (Å²) in [5, 5.41) is 2.78. The number of carbonyl (C=O) groups is 1. The Morgan fingerprint density at radius 1 is 1.30 bits per heavy atom.